The van der Waals surface area contributed by atoms with E-state index in [1.165, 1.54) is 0 Å². The lowest BCUT2D eigenvalue weighted by molar-refractivity contribution is 0.365. The van der Waals surface area contributed by atoms with E-state index in [-0.39, 0.29) is 10.9 Å². The molecule has 0 bridgehead atoms. The van der Waals surface area contributed by atoms with Crippen molar-refractivity contribution in [3.63, 3.8) is 0 Å². The zero-order valence-corrected chi connectivity index (χ0v) is 14.6. The molecule has 2 unspecified atom stereocenters. The van der Waals surface area contributed by atoms with E-state index in [0.29, 0.717) is 13.1 Å². The summed E-state index contributed by atoms with van der Waals surface area (Å²) in [6.07, 6.45) is 0. The number of rotatable bonds is 3. The lowest BCUT2D eigenvalue weighted by Gasteiger charge is -2.04. The summed E-state index contributed by atoms with van der Waals surface area (Å²) in [5, 5.41) is 0. The molecule has 0 fully saturated rings. The van der Waals surface area contributed by atoms with Crippen molar-refractivity contribution in [2.75, 3.05) is 13.1 Å². The van der Waals surface area contributed by atoms with Crippen LogP contribution in [0.5, 0.6) is 11.5 Å². The predicted molar refractivity (Wildman–Crippen MR) is 102 cm³/mol. The summed E-state index contributed by atoms with van der Waals surface area (Å²) in [4.78, 5) is 9.26. The molecule has 0 spiro atoms. The minimum atomic E-state index is -0.316. The zero-order chi connectivity index (χ0) is 16.5. The molecule has 0 aromatic heterocycles. The number of thiol groups is 2. The number of hydrogen-bond acceptors (Lipinski definition) is 6. The third-order valence-corrected chi connectivity index (χ3v) is 4.64. The second-order valence-corrected chi connectivity index (χ2v) is 6.40. The van der Waals surface area contributed by atoms with Crippen LogP contribution in [0.2, 0.25) is 0 Å². The van der Waals surface area contributed by atoms with Gasteiger partial charge in [0.1, 0.15) is 11.5 Å². The van der Waals surface area contributed by atoms with Crippen LogP contribution in [0.15, 0.2) is 58.5 Å². The van der Waals surface area contributed by atoms with E-state index in [1.54, 1.807) is 0 Å². The molecule has 0 aliphatic carbocycles. The van der Waals surface area contributed by atoms with Gasteiger partial charge in [0.15, 0.2) is 10.9 Å². The second kappa shape index (κ2) is 6.53. The van der Waals surface area contributed by atoms with Crippen molar-refractivity contribution < 1.29 is 9.47 Å². The van der Waals surface area contributed by atoms with Gasteiger partial charge in [-0.3, -0.25) is 9.98 Å². The molecular weight excluding hydrogens is 340 g/mol. The third-order valence-electron chi connectivity index (χ3n) is 3.94. The van der Waals surface area contributed by atoms with Gasteiger partial charge in [-0.05, 0) is 24.3 Å². The number of para-hydroxylation sites is 2. The maximum Gasteiger partial charge on any atom is 0.184 e. The van der Waals surface area contributed by atoms with Gasteiger partial charge in [0.25, 0.3) is 0 Å². The van der Waals surface area contributed by atoms with Gasteiger partial charge in [0, 0.05) is 11.1 Å². The molecule has 0 saturated carbocycles. The minimum Gasteiger partial charge on any atom is -0.473 e. The molecule has 122 valence electrons. The van der Waals surface area contributed by atoms with Gasteiger partial charge in [-0.1, -0.05) is 24.3 Å². The largest absolute Gasteiger partial charge is 0.473 e. The van der Waals surface area contributed by atoms with Crippen molar-refractivity contribution in [1.29, 1.82) is 0 Å². The first-order chi connectivity index (χ1) is 11.7. The first-order valence-electron chi connectivity index (χ1n) is 7.71. The summed E-state index contributed by atoms with van der Waals surface area (Å²) in [5.74, 6) is 1.66. The maximum absolute atomic E-state index is 5.68. The number of ether oxygens (including phenoxy) is 2. The van der Waals surface area contributed by atoms with Crippen LogP contribution in [-0.4, -0.2) is 35.4 Å². The van der Waals surface area contributed by atoms with Crippen LogP contribution in [-0.2, 0) is 0 Å². The lowest BCUT2D eigenvalue weighted by Crippen LogP contribution is -2.16. The number of benzene rings is 2. The van der Waals surface area contributed by atoms with Crippen LogP contribution in [0.1, 0.15) is 11.1 Å². The molecule has 2 aliphatic rings. The van der Waals surface area contributed by atoms with Gasteiger partial charge in [0.2, 0.25) is 0 Å². The number of fused-ring (bicyclic) bond motifs is 2. The van der Waals surface area contributed by atoms with Gasteiger partial charge in [-0.25, -0.2) is 0 Å². The summed E-state index contributed by atoms with van der Waals surface area (Å²) in [6.45, 7) is 1.13. The molecule has 2 aromatic rings. The van der Waals surface area contributed by atoms with Crippen LogP contribution >= 0.6 is 25.3 Å². The molecule has 2 aliphatic heterocycles. The average molecular weight is 356 g/mol. The Hall–Kier alpha value is -1.92. The fourth-order valence-corrected chi connectivity index (χ4v) is 3.52. The molecule has 0 amide bonds. The van der Waals surface area contributed by atoms with Gasteiger partial charge in [-0.15, -0.1) is 25.3 Å². The molecule has 2 heterocycles. The second-order valence-electron chi connectivity index (χ2n) is 5.47. The van der Waals surface area contributed by atoms with Crippen molar-refractivity contribution in [3.8, 4) is 11.5 Å². The van der Waals surface area contributed by atoms with Crippen LogP contribution in [0.4, 0.5) is 0 Å². The Labute approximate surface area is 151 Å². The summed E-state index contributed by atoms with van der Waals surface area (Å²) >= 11 is 8.90. The van der Waals surface area contributed by atoms with Crippen LogP contribution in [0.25, 0.3) is 0 Å². The maximum atomic E-state index is 5.68. The van der Waals surface area contributed by atoms with E-state index >= 15 is 0 Å². The zero-order valence-electron chi connectivity index (χ0n) is 12.8. The van der Waals surface area contributed by atoms with Crippen molar-refractivity contribution >= 4 is 36.7 Å². The van der Waals surface area contributed by atoms with E-state index in [9.17, 15) is 0 Å². The van der Waals surface area contributed by atoms with Crippen molar-refractivity contribution in [2.24, 2.45) is 9.98 Å². The monoisotopic (exact) mass is 356 g/mol. The van der Waals surface area contributed by atoms with E-state index in [2.05, 4.69) is 35.2 Å². The third kappa shape index (κ3) is 2.80. The van der Waals surface area contributed by atoms with E-state index < -0.39 is 0 Å². The molecular formula is C18H16N2O2S2. The summed E-state index contributed by atoms with van der Waals surface area (Å²) < 4.78 is 11.4. The molecule has 2 atom stereocenters. The standard InChI is InChI=1S/C18H16N2O2S2/c23-17-15(11-5-1-3-7-13(11)21-17)19-9-10-20-16-12-6-2-4-8-14(12)22-18(16)24/h1-8,17-18,23-24H,9-10H2. The highest BCUT2D eigenvalue weighted by Gasteiger charge is 2.27. The quantitative estimate of drug-likeness (QED) is 0.655. The Bertz CT molecular complexity index is 766. The number of nitrogens with zero attached hydrogens (tertiary/aromatic N) is 2. The highest BCUT2D eigenvalue weighted by molar-refractivity contribution is 7.82. The molecule has 24 heavy (non-hydrogen) atoms. The summed E-state index contributed by atoms with van der Waals surface area (Å²) in [7, 11) is 0. The normalized spacial score (nSPS) is 24.6. The Kier molecular flexibility index (Phi) is 4.24. The fraction of sp³-hybridized carbons (Fsp3) is 0.222. The lowest BCUT2D eigenvalue weighted by atomic mass is 10.1. The Morgan fingerprint density at radius 2 is 1.12 bits per heavy atom. The highest BCUT2D eigenvalue weighted by Crippen LogP contribution is 2.31. The summed E-state index contributed by atoms with van der Waals surface area (Å²) in [5.41, 5.74) is 3.10. The van der Waals surface area contributed by atoms with Gasteiger partial charge >= 0.3 is 0 Å². The molecule has 6 heteroatoms. The van der Waals surface area contributed by atoms with Crippen LogP contribution < -0.4 is 9.47 Å². The Morgan fingerprint density at radius 3 is 1.58 bits per heavy atom. The molecule has 0 N–H and O–H groups in total. The van der Waals surface area contributed by atoms with Crippen molar-refractivity contribution in [2.45, 2.75) is 10.9 Å². The molecule has 0 radical (unpaired) electrons. The van der Waals surface area contributed by atoms with Crippen molar-refractivity contribution in [1.82, 2.24) is 0 Å². The topological polar surface area (TPSA) is 43.2 Å². The molecule has 4 nitrogen and oxygen atoms in total. The number of aliphatic imine (C=N–C) groups is 2. The predicted octanol–water partition coefficient (Wildman–Crippen LogP) is 3.26. The molecule has 2 aromatic carbocycles. The SMILES string of the molecule is SC1Oc2ccccc2C1=NCCN=C1c2ccccc2OC1S. The van der Waals surface area contributed by atoms with Gasteiger partial charge in [0.05, 0.1) is 24.5 Å². The highest BCUT2D eigenvalue weighted by atomic mass is 32.1. The summed E-state index contributed by atoms with van der Waals surface area (Å²) in [6, 6.07) is 15.7. The van der Waals surface area contributed by atoms with Crippen LogP contribution in [0.3, 0.4) is 0 Å². The fourth-order valence-electron chi connectivity index (χ4n) is 2.85. The smallest absolute Gasteiger partial charge is 0.184 e. The minimum absolute atomic E-state index is 0.316. The Balaban J connectivity index is 1.49. The number of hydrogen-bond donors (Lipinski definition) is 2. The van der Waals surface area contributed by atoms with E-state index in [0.717, 1.165) is 34.0 Å². The van der Waals surface area contributed by atoms with E-state index in [4.69, 9.17) is 9.47 Å². The van der Waals surface area contributed by atoms with Gasteiger partial charge < -0.3 is 9.47 Å². The first-order valence-corrected chi connectivity index (χ1v) is 8.74. The van der Waals surface area contributed by atoms with E-state index in [1.807, 2.05) is 48.5 Å². The van der Waals surface area contributed by atoms with Gasteiger partial charge in [-0.2, -0.15) is 0 Å². The molecule has 4 rings (SSSR count). The Morgan fingerprint density at radius 1 is 0.708 bits per heavy atom. The average Bonchev–Trinajstić information content (AvgIpc) is 3.08. The van der Waals surface area contributed by atoms with Crippen LogP contribution in [0, 0.1) is 0 Å². The molecule has 0 saturated heterocycles. The van der Waals surface area contributed by atoms with Crippen molar-refractivity contribution in [3.05, 3.63) is 59.7 Å². The first kappa shape index (κ1) is 15.6.